The zero-order valence-electron chi connectivity index (χ0n) is 15.1. The summed E-state index contributed by atoms with van der Waals surface area (Å²) in [7, 11) is -0.649. The number of rotatable bonds is 2. The molecule has 0 fully saturated rings. The molecule has 5 nitrogen and oxygen atoms in total. The van der Waals surface area contributed by atoms with E-state index >= 15 is 0 Å². The van der Waals surface area contributed by atoms with E-state index in [4.69, 9.17) is 4.42 Å². The van der Waals surface area contributed by atoms with Gasteiger partial charge >= 0.3 is 12.7 Å². The van der Waals surface area contributed by atoms with Crippen LogP contribution in [0.3, 0.4) is 0 Å². The summed E-state index contributed by atoms with van der Waals surface area (Å²) in [5.41, 5.74) is 1.05. The number of hydrogen-bond donors (Lipinski definition) is 0. The molecule has 0 saturated carbocycles. The summed E-state index contributed by atoms with van der Waals surface area (Å²) in [5, 5.41) is 0. The van der Waals surface area contributed by atoms with E-state index in [0.29, 0.717) is 0 Å². The second-order valence-electron chi connectivity index (χ2n) is 6.22. The van der Waals surface area contributed by atoms with Gasteiger partial charge in [-0.15, -0.1) is 0 Å². The standard InChI is InChI=1S/C19H18BF2NO4/c1-13-12-17-18(19(24)25-13)16(26-20(21,22)27-17)7-5-4-6-14-8-10-15(11-9-14)23(2)3/h4-12H,1-3H3. The van der Waals surface area contributed by atoms with Gasteiger partial charge in [0.05, 0.1) is 11.5 Å². The third kappa shape index (κ3) is 4.34. The lowest BCUT2D eigenvalue weighted by Gasteiger charge is -2.35. The highest BCUT2D eigenvalue weighted by atomic mass is 19.3. The number of nitrogens with zero attached hydrogens (tertiary/aromatic N) is 1. The van der Waals surface area contributed by atoms with Gasteiger partial charge in [-0.25, -0.2) is 9.37 Å². The Morgan fingerprint density at radius 1 is 1.04 bits per heavy atom. The molecule has 0 atom stereocenters. The van der Waals surface area contributed by atoms with Gasteiger partial charge in [0.1, 0.15) is 25.4 Å². The summed E-state index contributed by atoms with van der Waals surface area (Å²) >= 11 is 0. The predicted octanol–water partition coefficient (Wildman–Crippen LogP) is 3.39. The number of aryl methyl sites for hydroxylation is 1. The second-order valence-corrected chi connectivity index (χ2v) is 6.22. The van der Waals surface area contributed by atoms with Gasteiger partial charge in [0, 0.05) is 18.2 Å². The van der Waals surface area contributed by atoms with Gasteiger partial charge in [-0.05, 0) is 30.7 Å². The molecule has 2 heterocycles. The lowest BCUT2D eigenvalue weighted by molar-refractivity contribution is -0.462. The lowest BCUT2D eigenvalue weighted by atomic mass is 10.1. The third-order valence-corrected chi connectivity index (χ3v) is 3.87. The Kier molecular flexibility index (Phi) is 4.99. The van der Waals surface area contributed by atoms with Crippen LogP contribution < -0.4 is 10.3 Å². The molecule has 140 valence electrons. The zero-order valence-corrected chi connectivity index (χ0v) is 15.1. The van der Waals surface area contributed by atoms with Gasteiger partial charge < -0.3 is 22.4 Å². The molecule has 1 aromatic rings. The van der Waals surface area contributed by atoms with Gasteiger partial charge in [-0.1, -0.05) is 18.2 Å². The quantitative estimate of drug-likeness (QED) is 0.589. The summed E-state index contributed by atoms with van der Waals surface area (Å²) in [5.74, 6) is -0.359. The molecule has 1 aliphatic carbocycles. The maximum Gasteiger partial charge on any atom is 0.725 e. The van der Waals surface area contributed by atoms with E-state index in [9.17, 15) is 13.4 Å². The molecule has 0 radical (unpaired) electrons. The van der Waals surface area contributed by atoms with Crippen molar-refractivity contribution in [3.8, 4) is 5.75 Å². The van der Waals surface area contributed by atoms with Gasteiger partial charge in [0.25, 0.3) is 0 Å². The van der Waals surface area contributed by atoms with E-state index in [1.807, 2.05) is 43.0 Å². The number of fused-ring (bicyclic) bond motifs is 1. The van der Waals surface area contributed by atoms with Crippen LogP contribution in [0.25, 0.3) is 5.76 Å². The molecule has 8 heteroatoms. The number of allylic oxidation sites excluding steroid dienone is 9. The van der Waals surface area contributed by atoms with Crippen molar-refractivity contribution in [1.82, 2.24) is 0 Å². The molecule has 3 rings (SSSR count). The Bertz CT molecular complexity index is 991. The van der Waals surface area contributed by atoms with Crippen LogP contribution in [0, 0.1) is 6.92 Å². The minimum atomic E-state index is -4.55. The maximum absolute atomic E-state index is 13.7. The molecule has 0 N–H and O–H groups in total. The number of hydrogen-bond acceptors (Lipinski definition) is 4. The van der Waals surface area contributed by atoms with Crippen LogP contribution in [0.4, 0.5) is 8.63 Å². The first-order chi connectivity index (χ1) is 12.7. The Morgan fingerprint density at radius 3 is 2.37 bits per heavy atom. The number of halogens is 2. The Labute approximate surface area is 155 Å². The Balaban J connectivity index is 1.86. The Morgan fingerprint density at radius 2 is 1.70 bits per heavy atom. The highest BCUT2D eigenvalue weighted by Crippen LogP contribution is 2.35. The first-order valence-corrected chi connectivity index (χ1v) is 8.27. The molecule has 0 aromatic carbocycles. The lowest BCUT2D eigenvalue weighted by Crippen LogP contribution is -2.40. The first kappa shape index (κ1) is 18.6. The second kappa shape index (κ2) is 7.22. The minimum Gasteiger partial charge on any atom is -0.627 e. The molecular weight excluding hydrogens is 355 g/mol. The van der Waals surface area contributed by atoms with Gasteiger partial charge in [-0.3, -0.25) is 0 Å². The van der Waals surface area contributed by atoms with Crippen LogP contribution in [0.2, 0.25) is 0 Å². The fourth-order valence-electron chi connectivity index (χ4n) is 2.59. The van der Waals surface area contributed by atoms with Crippen LogP contribution in [-0.4, -0.2) is 31.5 Å². The summed E-state index contributed by atoms with van der Waals surface area (Å²) in [4.78, 5) is 12.0. The van der Waals surface area contributed by atoms with E-state index in [-0.39, 0.29) is 22.8 Å². The highest BCUT2D eigenvalue weighted by molar-refractivity contribution is 6.54. The van der Waals surface area contributed by atoms with E-state index in [2.05, 4.69) is 9.31 Å². The molecule has 0 amide bonds. The highest BCUT2D eigenvalue weighted by Gasteiger charge is 2.40. The summed E-state index contributed by atoms with van der Waals surface area (Å²) < 4.78 is 43.3. The van der Waals surface area contributed by atoms with Crippen molar-refractivity contribution in [1.29, 1.82) is 0 Å². The van der Waals surface area contributed by atoms with Crippen molar-refractivity contribution in [2.24, 2.45) is 0 Å². The van der Waals surface area contributed by atoms with Crippen LogP contribution in [0.15, 0.2) is 69.5 Å². The van der Waals surface area contributed by atoms with E-state index < -0.39 is 12.7 Å². The fraction of sp³-hybridized carbons (Fsp3) is 0.158. The van der Waals surface area contributed by atoms with Crippen LogP contribution >= 0.6 is 0 Å². The molecular formula is C19H18BF2NO4. The molecule has 0 spiro atoms. The van der Waals surface area contributed by atoms with E-state index in [1.54, 1.807) is 12.2 Å². The van der Waals surface area contributed by atoms with Crippen LogP contribution in [0.5, 0.6) is 5.75 Å². The normalized spacial score (nSPS) is 19.1. The van der Waals surface area contributed by atoms with Gasteiger partial charge in [-0.2, -0.15) is 0 Å². The van der Waals surface area contributed by atoms with Crippen molar-refractivity contribution < 1.29 is 26.9 Å². The van der Waals surface area contributed by atoms with Crippen molar-refractivity contribution >= 4 is 18.6 Å². The monoisotopic (exact) mass is 373 g/mol. The van der Waals surface area contributed by atoms with Crippen molar-refractivity contribution in [3.63, 3.8) is 0 Å². The maximum atomic E-state index is 13.7. The van der Waals surface area contributed by atoms with Gasteiger partial charge in [0.2, 0.25) is 0 Å². The fourth-order valence-corrected chi connectivity index (χ4v) is 2.59. The largest absolute Gasteiger partial charge is 0.725 e. The molecule has 27 heavy (non-hydrogen) atoms. The molecule has 0 bridgehead atoms. The van der Waals surface area contributed by atoms with E-state index in [1.165, 1.54) is 25.1 Å². The average Bonchev–Trinajstić information content (AvgIpc) is 2.57. The summed E-state index contributed by atoms with van der Waals surface area (Å²) in [6.45, 7) is 1.48. The van der Waals surface area contributed by atoms with Crippen LogP contribution in [0.1, 0.15) is 11.3 Å². The minimum absolute atomic E-state index is 0.159. The first-order valence-electron chi connectivity index (χ1n) is 8.27. The molecule has 0 saturated heterocycles. The molecule has 0 unspecified atom stereocenters. The Hall–Kier alpha value is -3.16. The summed E-state index contributed by atoms with van der Waals surface area (Å²) in [6, 6.07) is 1.24. The predicted molar refractivity (Wildman–Crippen MR) is 100.0 cm³/mol. The third-order valence-electron chi connectivity index (χ3n) is 3.87. The average molecular weight is 373 g/mol. The summed E-state index contributed by atoms with van der Waals surface area (Å²) in [6.07, 6.45) is 14.1. The smallest absolute Gasteiger partial charge is 0.627 e. The van der Waals surface area contributed by atoms with Crippen molar-refractivity contribution in [3.05, 3.63) is 82.0 Å². The SMILES string of the molecule is Cc1cc2c(c(=O)o1)C(=CC=CC=C1C=CC(=[N+](C)C)C=C1)O[B-](F)(F)O2. The topological polar surface area (TPSA) is 51.7 Å². The van der Waals surface area contributed by atoms with Crippen LogP contribution in [-0.2, 0) is 4.65 Å². The molecule has 1 aromatic heterocycles. The molecule has 2 aliphatic rings. The van der Waals surface area contributed by atoms with E-state index in [0.717, 1.165) is 11.3 Å². The van der Waals surface area contributed by atoms with Crippen molar-refractivity contribution in [2.75, 3.05) is 14.1 Å². The van der Waals surface area contributed by atoms with Gasteiger partial charge in [0.15, 0.2) is 5.71 Å². The van der Waals surface area contributed by atoms with Crippen molar-refractivity contribution in [2.45, 2.75) is 6.92 Å². The molecule has 1 aliphatic heterocycles. The zero-order chi connectivity index (χ0) is 19.6.